The van der Waals surface area contributed by atoms with Crippen LogP contribution in [0, 0.1) is 0 Å². The topological polar surface area (TPSA) is 89.0 Å². The third-order valence-corrected chi connectivity index (χ3v) is 5.66. The monoisotopic (exact) mass is 458 g/mol. The van der Waals surface area contributed by atoms with Gasteiger partial charge in [-0.25, -0.2) is 0 Å². The van der Waals surface area contributed by atoms with Crippen LogP contribution >= 0.6 is 0 Å². The number of aliphatic hydroxyl groups excluding tert-OH is 1. The summed E-state index contributed by atoms with van der Waals surface area (Å²) >= 11 is 0. The lowest BCUT2D eigenvalue weighted by Crippen LogP contribution is -2.31. The van der Waals surface area contributed by atoms with Crippen LogP contribution in [0.15, 0.2) is 84.7 Å². The highest BCUT2D eigenvalue weighted by atomic mass is 16.5. The predicted molar refractivity (Wildman–Crippen MR) is 127 cm³/mol. The average molecular weight is 459 g/mol. The Kier molecular flexibility index (Phi) is 7.34. The molecule has 0 bridgehead atoms. The molecule has 34 heavy (non-hydrogen) atoms. The third kappa shape index (κ3) is 5.00. The zero-order valence-corrected chi connectivity index (χ0v) is 18.9. The Labute approximate surface area is 198 Å². The molecule has 1 N–H and O–H groups in total. The average Bonchev–Trinajstić information content (AvgIpc) is 3.14. The predicted octanol–water partition coefficient (Wildman–Crippen LogP) is 4.12. The Morgan fingerprint density at radius 1 is 1.03 bits per heavy atom. The minimum Gasteiger partial charge on any atom is -0.507 e. The third-order valence-electron chi connectivity index (χ3n) is 5.66. The van der Waals surface area contributed by atoms with E-state index in [9.17, 15) is 14.7 Å². The fraction of sp³-hybridized carbons (Fsp3) is 0.222. The lowest BCUT2D eigenvalue weighted by Gasteiger charge is -2.25. The number of ether oxygens (including phenoxy) is 2. The fourth-order valence-electron chi connectivity index (χ4n) is 3.98. The number of aliphatic hydroxyl groups is 1. The zero-order chi connectivity index (χ0) is 23.9. The molecule has 174 valence electrons. The van der Waals surface area contributed by atoms with E-state index in [1.807, 2.05) is 30.3 Å². The van der Waals surface area contributed by atoms with Crippen LogP contribution in [0.4, 0.5) is 0 Å². The molecule has 0 aliphatic carbocycles. The van der Waals surface area contributed by atoms with Crippen LogP contribution in [0.2, 0.25) is 0 Å². The van der Waals surface area contributed by atoms with Crippen molar-refractivity contribution in [1.29, 1.82) is 0 Å². The van der Waals surface area contributed by atoms with E-state index in [0.29, 0.717) is 43.1 Å². The van der Waals surface area contributed by atoms with E-state index in [1.54, 1.807) is 55.9 Å². The number of carbonyl (C=O) groups is 2. The molecule has 1 saturated heterocycles. The Morgan fingerprint density at radius 3 is 2.47 bits per heavy atom. The number of hydrogen-bond donors (Lipinski definition) is 1. The van der Waals surface area contributed by atoms with Gasteiger partial charge in [0.2, 0.25) is 0 Å². The molecule has 7 nitrogen and oxygen atoms in total. The standard InChI is InChI=1S/C27H26N2O5/c1-33-16-6-15-29-24(21-9-5-14-28-17-21)23(26(31)27(29)32)25(30)20-10-12-22(13-11-20)34-18-19-7-3-2-4-8-19/h2-5,7-14,17,24,30H,6,15-16,18H2,1H3/b25-23-. The highest BCUT2D eigenvalue weighted by Crippen LogP contribution is 2.39. The summed E-state index contributed by atoms with van der Waals surface area (Å²) < 4.78 is 10.9. The van der Waals surface area contributed by atoms with Gasteiger partial charge in [0.25, 0.3) is 11.7 Å². The van der Waals surface area contributed by atoms with E-state index in [-0.39, 0.29) is 11.3 Å². The largest absolute Gasteiger partial charge is 0.507 e. The second kappa shape index (κ2) is 10.8. The normalized spacial score (nSPS) is 17.2. The summed E-state index contributed by atoms with van der Waals surface area (Å²) in [6, 6.07) is 19.4. The molecular weight excluding hydrogens is 432 g/mol. The molecular formula is C27H26N2O5. The first-order valence-corrected chi connectivity index (χ1v) is 11.0. The second-order valence-electron chi connectivity index (χ2n) is 7.92. The van der Waals surface area contributed by atoms with Crippen molar-refractivity contribution in [2.75, 3.05) is 20.3 Å². The van der Waals surface area contributed by atoms with Gasteiger partial charge < -0.3 is 19.5 Å². The second-order valence-corrected chi connectivity index (χ2v) is 7.92. The van der Waals surface area contributed by atoms with Gasteiger partial charge in [-0.3, -0.25) is 14.6 Å². The van der Waals surface area contributed by atoms with E-state index < -0.39 is 17.7 Å². The maximum atomic E-state index is 13.0. The number of pyridine rings is 1. The van der Waals surface area contributed by atoms with Crippen LogP contribution in [0.25, 0.3) is 5.76 Å². The van der Waals surface area contributed by atoms with Crippen molar-refractivity contribution in [3.63, 3.8) is 0 Å². The summed E-state index contributed by atoms with van der Waals surface area (Å²) in [5, 5.41) is 11.1. The molecule has 0 saturated carbocycles. The zero-order valence-electron chi connectivity index (χ0n) is 18.9. The Morgan fingerprint density at radius 2 is 1.79 bits per heavy atom. The Balaban J connectivity index is 1.62. The number of hydrogen-bond acceptors (Lipinski definition) is 6. The molecule has 1 atom stereocenters. The summed E-state index contributed by atoms with van der Waals surface area (Å²) in [6.45, 7) is 1.19. The van der Waals surface area contributed by atoms with Crippen LogP contribution in [0.1, 0.15) is 29.2 Å². The van der Waals surface area contributed by atoms with Gasteiger partial charge in [0.05, 0.1) is 11.6 Å². The first-order valence-electron chi connectivity index (χ1n) is 11.0. The van der Waals surface area contributed by atoms with Gasteiger partial charge in [-0.2, -0.15) is 0 Å². The molecule has 7 heteroatoms. The van der Waals surface area contributed by atoms with Crippen LogP contribution in [0.5, 0.6) is 5.75 Å². The molecule has 1 aromatic heterocycles. The molecule has 1 amide bonds. The summed E-state index contributed by atoms with van der Waals surface area (Å²) in [5.41, 5.74) is 2.17. The van der Waals surface area contributed by atoms with Gasteiger partial charge in [-0.05, 0) is 47.9 Å². The lowest BCUT2D eigenvalue weighted by molar-refractivity contribution is -0.140. The quantitative estimate of drug-likeness (QED) is 0.225. The van der Waals surface area contributed by atoms with E-state index in [1.165, 1.54) is 4.90 Å². The molecule has 0 spiro atoms. The van der Waals surface area contributed by atoms with E-state index in [2.05, 4.69) is 4.98 Å². The number of likely N-dealkylation sites (tertiary alicyclic amines) is 1. The Hall–Kier alpha value is -3.97. The number of amides is 1. The number of Topliss-reactive ketones (excluding diaryl/α,β-unsaturated/α-hetero) is 1. The first-order chi connectivity index (χ1) is 16.6. The number of rotatable bonds is 9. The van der Waals surface area contributed by atoms with Crippen molar-refractivity contribution >= 4 is 17.4 Å². The Bertz CT molecular complexity index is 1160. The van der Waals surface area contributed by atoms with Crippen LogP contribution in [-0.4, -0.2) is 46.9 Å². The number of ketones is 1. The molecule has 1 aliphatic rings. The number of nitrogens with zero attached hydrogens (tertiary/aromatic N) is 2. The van der Waals surface area contributed by atoms with Gasteiger partial charge in [0.1, 0.15) is 18.1 Å². The molecule has 1 aliphatic heterocycles. The van der Waals surface area contributed by atoms with Gasteiger partial charge in [-0.15, -0.1) is 0 Å². The number of methoxy groups -OCH3 is 1. The fourth-order valence-corrected chi connectivity index (χ4v) is 3.98. The van der Waals surface area contributed by atoms with Crippen molar-refractivity contribution < 1.29 is 24.2 Å². The van der Waals surface area contributed by atoms with Gasteiger partial charge in [-0.1, -0.05) is 36.4 Å². The highest BCUT2D eigenvalue weighted by molar-refractivity contribution is 6.46. The molecule has 1 unspecified atom stereocenters. The summed E-state index contributed by atoms with van der Waals surface area (Å²) in [7, 11) is 1.58. The van der Waals surface area contributed by atoms with Crippen molar-refractivity contribution in [2.24, 2.45) is 0 Å². The minimum atomic E-state index is -0.723. The number of benzene rings is 2. The smallest absolute Gasteiger partial charge is 0.295 e. The van der Waals surface area contributed by atoms with Gasteiger partial charge in [0, 0.05) is 38.2 Å². The van der Waals surface area contributed by atoms with E-state index >= 15 is 0 Å². The molecule has 2 aromatic carbocycles. The maximum absolute atomic E-state index is 13.0. The van der Waals surface area contributed by atoms with Crippen LogP contribution in [-0.2, 0) is 20.9 Å². The van der Waals surface area contributed by atoms with Gasteiger partial charge in [0.15, 0.2) is 0 Å². The van der Waals surface area contributed by atoms with E-state index in [0.717, 1.165) is 5.56 Å². The molecule has 3 aromatic rings. The van der Waals surface area contributed by atoms with Crippen molar-refractivity contribution in [1.82, 2.24) is 9.88 Å². The summed E-state index contributed by atoms with van der Waals surface area (Å²) in [5.74, 6) is -0.956. The van der Waals surface area contributed by atoms with Crippen molar-refractivity contribution in [3.8, 4) is 5.75 Å². The first kappa shape index (κ1) is 23.2. The van der Waals surface area contributed by atoms with E-state index in [4.69, 9.17) is 9.47 Å². The minimum absolute atomic E-state index is 0.0494. The van der Waals surface area contributed by atoms with Crippen LogP contribution < -0.4 is 4.74 Å². The maximum Gasteiger partial charge on any atom is 0.295 e. The molecule has 4 rings (SSSR count). The SMILES string of the molecule is COCCCN1C(=O)C(=O)/C(=C(\O)c2ccc(OCc3ccccc3)cc2)C1c1cccnc1. The van der Waals surface area contributed by atoms with Crippen molar-refractivity contribution in [2.45, 2.75) is 19.1 Å². The summed E-state index contributed by atoms with van der Waals surface area (Å²) in [4.78, 5) is 31.5. The number of carbonyl (C=O) groups excluding carboxylic acids is 2. The van der Waals surface area contributed by atoms with Crippen molar-refractivity contribution in [3.05, 3.63) is 101 Å². The highest BCUT2D eigenvalue weighted by Gasteiger charge is 2.45. The molecule has 2 heterocycles. The van der Waals surface area contributed by atoms with Crippen LogP contribution in [0.3, 0.4) is 0 Å². The number of aromatic nitrogens is 1. The lowest BCUT2D eigenvalue weighted by atomic mass is 9.96. The summed E-state index contributed by atoms with van der Waals surface area (Å²) in [6.07, 6.45) is 3.79. The molecule has 1 fully saturated rings. The molecule has 0 radical (unpaired) electrons. The van der Waals surface area contributed by atoms with Gasteiger partial charge >= 0.3 is 0 Å².